The van der Waals surface area contributed by atoms with Crippen LogP contribution in [0.15, 0.2) is 84.9 Å². The third-order valence-corrected chi connectivity index (χ3v) is 3.99. The van der Waals surface area contributed by atoms with Crippen LogP contribution in [0.25, 0.3) is 6.08 Å². The van der Waals surface area contributed by atoms with Crippen LogP contribution >= 0.6 is 0 Å². The molecule has 0 spiro atoms. The molecule has 0 unspecified atom stereocenters. The molecular weight excluding hydrogens is 404 g/mol. The van der Waals surface area contributed by atoms with Gasteiger partial charge in [0.25, 0.3) is 0 Å². The molecule has 0 fully saturated rings. The Balaban J connectivity index is 1.54. The molecule has 3 aromatic carbocycles. The lowest BCUT2D eigenvalue weighted by Crippen LogP contribution is -2.19. The average molecular weight is 423 g/mol. The maximum atomic E-state index is 12.5. The van der Waals surface area contributed by atoms with Gasteiger partial charge in [-0.25, -0.2) is 4.79 Å². The molecule has 3 amide bonds. The Kier molecular flexibility index (Phi) is 7.31. The monoisotopic (exact) mass is 423 g/mol. The molecule has 0 saturated carbocycles. The quantitative estimate of drug-likeness (QED) is 0.434. The minimum atomic E-state index is -2.95. The van der Waals surface area contributed by atoms with Gasteiger partial charge >= 0.3 is 12.6 Å². The summed E-state index contributed by atoms with van der Waals surface area (Å²) in [5, 5.41) is 8.04. The van der Waals surface area contributed by atoms with Crippen molar-refractivity contribution in [2.45, 2.75) is 6.61 Å². The number of carbonyl (C=O) groups excluding carboxylic acids is 2. The zero-order valence-corrected chi connectivity index (χ0v) is 16.2. The maximum absolute atomic E-state index is 12.5. The standard InChI is InChI=1S/C23H19F2N3O3/c24-22(25)31-20-9-5-4-6-16(20)10-15-21(29)26-18-11-13-19(14-12-18)28-23(30)27-17-7-2-1-3-8-17/h1-15,22H,(H,26,29)(H2,27,28,30). The Morgan fingerprint density at radius 1 is 0.742 bits per heavy atom. The molecule has 0 aliphatic rings. The number of amides is 3. The summed E-state index contributed by atoms with van der Waals surface area (Å²) < 4.78 is 29.3. The van der Waals surface area contributed by atoms with Crippen LogP contribution in [0.1, 0.15) is 5.56 Å². The van der Waals surface area contributed by atoms with Crippen molar-refractivity contribution in [1.29, 1.82) is 0 Å². The topological polar surface area (TPSA) is 79.5 Å². The Hall–Kier alpha value is -4.20. The summed E-state index contributed by atoms with van der Waals surface area (Å²) in [7, 11) is 0. The van der Waals surface area contributed by atoms with Crippen molar-refractivity contribution in [3.63, 3.8) is 0 Å². The van der Waals surface area contributed by atoms with Gasteiger partial charge in [0.15, 0.2) is 0 Å². The van der Waals surface area contributed by atoms with Gasteiger partial charge in [-0.3, -0.25) is 4.79 Å². The van der Waals surface area contributed by atoms with Gasteiger partial charge in [-0.15, -0.1) is 0 Å². The van der Waals surface area contributed by atoms with Gasteiger partial charge in [0.2, 0.25) is 5.91 Å². The highest BCUT2D eigenvalue weighted by atomic mass is 19.3. The summed E-state index contributed by atoms with van der Waals surface area (Å²) in [5.74, 6) is -0.472. The minimum Gasteiger partial charge on any atom is -0.434 e. The van der Waals surface area contributed by atoms with Crippen LogP contribution < -0.4 is 20.7 Å². The van der Waals surface area contributed by atoms with Crippen LogP contribution in [0.5, 0.6) is 5.75 Å². The Morgan fingerprint density at radius 3 is 1.94 bits per heavy atom. The first-order valence-electron chi connectivity index (χ1n) is 9.25. The number of hydrogen-bond donors (Lipinski definition) is 3. The fraction of sp³-hybridized carbons (Fsp3) is 0.0435. The fourth-order valence-corrected chi connectivity index (χ4v) is 2.62. The molecule has 6 nitrogen and oxygen atoms in total. The van der Waals surface area contributed by atoms with Gasteiger partial charge in [-0.1, -0.05) is 36.4 Å². The molecule has 31 heavy (non-hydrogen) atoms. The van der Waals surface area contributed by atoms with Crippen molar-refractivity contribution in [3.05, 3.63) is 90.5 Å². The van der Waals surface area contributed by atoms with Crippen LogP contribution in [0.2, 0.25) is 0 Å². The first kappa shape index (κ1) is 21.5. The van der Waals surface area contributed by atoms with Gasteiger partial charge in [-0.2, -0.15) is 8.78 Å². The predicted molar refractivity (Wildman–Crippen MR) is 116 cm³/mol. The summed E-state index contributed by atoms with van der Waals surface area (Å²) in [6.45, 7) is -2.95. The predicted octanol–water partition coefficient (Wildman–Crippen LogP) is 5.58. The largest absolute Gasteiger partial charge is 0.434 e. The molecule has 0 aliphatic heterocycles. The van der Waals surface area contributed by atoms with E-state index in [-0.39, 0.29) is 5.75 Å². The third kappa shape index (κ3) is 6.97. The SMILES string of the molecule is O=C(C=Cc1ccccc1OC(F)F)Nc1ccc(NC(=O)Nc2ccccc2)cc1. The number of ether oxygens (including phenoxy) is 1. The van der Waals surface area contributed by atoms with Gasteiger partial charge in [-0.05, 0) is 48.5 Å². The number of urea groups is 1. The van der Waals surface area contributed by atoms with Crippen molar-refractivity contribution in [1.82, 2.24) is 0 Å². The normalized spacial score (nSPS) is 10.7. The average Bonchev–Trinajstić information content (AvgIpc) is 2.75. The second kappa shape index (κ2) is 10.5. The van der Waals surface area contributed by atoms with Crippen molar-refractivity contribution in [3.8, 4) is 5.75 Å². The maximum Gasteiger partial charge on any atom is 0.387 e. The van der Waals surface area contributed by atoms with E-state index < -0.39 is 18.5 Å². The van der Waals surface area contributed by atoms with Gasteiger partial charge in [0.05, 0.1) is 0 Å². The third-order valence-electron chi connectivity index (χ3n) is 3.99. The van der Waals surface area contributed by atoms with E-state index in [1.807, 2.05) is 18.2 Å². The molecule has 0 heterocycles. The summed E-state index contributed by atoms with van der Waals surface area (Å²) >= 11 is 0. The smallest absolute Gasteiger partial charge is 0.387 e. The second-order valence-electron chi connectivity index (χ2n) is 6.26. The number of anilines is 3. The van der Waals surface area contributed by atoms with Crippen molar-refractivity contribution < 1.29 is 23.1 Å². The van der Waals surface area contributed by atoms with Crippen LogP contribution in [-0.4, -0.2) is 18.5 Å². The van der Waals surface area contributed by atoms with E-state index in [2.05, 4.69) is 20.7 Å². The van der Waals surface area contributed by atoms with E-state index in [1.165, 1.54) is 18.2 Å². The summed E-state index contributed by atoms with van der Waals surface area (Å²) in [6.07, 6.45) is 2.60. The van der Waals surface area contributed by atoms with Crippen LogP contribution in [0.3, 0.4) is 0 Å². The molecular formula is C23H19F2N3O3. The zero-order valence-electron chi connectivity index (χ0n) is 16.2. The number of hydrogen-bond acceptors (Lipinski definition) is 3. The number of alkyl halides is 2. The van der Waals surface area contributed by atoms with Crippen molar-refractivity contribution in [2.75, 3.05) is 16.0 Å². The van der Waals surface area contributed by atoms with Crippen LogP contribution in [0, 0.1) is 0 Å². The first-order chi connectivity index (χ1) is 15.0. The molecule has 3 rings (SSSR count). The molecule has 0 aliphatic carbocycles. The lowest BCUT2D eigenvalue weighted by molar-refractivity contribution is -0.111. The van der Waals surface area contributed by atoms with Gasteiger partial charge in [0, 0.05) is 28.7 Å². The highest BCUT2D eigenvalue weighted by Gasteiger charge is 2.08. The van der Waals surface area contributed by atoms with Crippen LogP contribution in [-0.2, 0) is 4.79 Å². The van der Waals surface area contributed by atoms with E-state index in [0.29, 0.717) is 22.6 Å². The first-order valence-corrected chi connectivity index (χ1v) is 9.25. The minimum absolute atomic E-state index is 0.0224. The molecule has 0 aromatic heterocycles. The zero-order chi connectivity index (χ0) is 22.1. The van der Waals surface area contributed by atoms with E-state index in [4.69, 9.17) is 0 Å². The second-order valence-corrected chi connectivity index (χ2v) is 6.26. The Morgan fingerprint density at radius 2 is 1.29 bits per heavy atom. The van der Waals surface area contributed by atoms with E-state index in [1.54, 1.807) is 54.6 Å². The number of rotatable bonds is 7. The molecule has 0 saturated heterocycles. The highest BCUT2D eigenvalue weighted by molar-refractivity contribution is 6.03. The number of para-hydroxylation sites is 2. The fourth-order valence-electron chi connectivity index (χ4n) is 2.62. The number of nitrogens with one attached hydrogen (secondary N) is 3. The van der Waals surface area contributed by atoms with E-state index >= 15 is 0 Å². The molecule has 3 aromatic rings. The number of benzene rings is 3. The van der Waals surface area contributed by atoms with Crippen LogP contribution in [0.4, 0.5) is 30.6 Å². The van der Waals surface area contributed by atoms with Gasteiger partial charge < -0.3 is 20.7 Å². The molecule has 3 N–H and O–H groups in total. The molecule has 158 valence electrons. The van der Waals surface area contributed by atoms with E-state index in [0.717, 1.165) is 0 Å². The summed E-state index contributed by atoms with van der Waals surface area (Å²) in [6, 6.07) is 21.3. The lowest BCUT2D eigenvalue weighted by Gasteiger charge is -2.09. The number of halogens is 2. The van der Waals surface area contributed by atoms with E-state index in [9.17, 15) is 18.4 Å². The molecule has 0 bridgehead atoms. The van der Waals surface area contributed by atoms with Crippen molar-refractivity contribution >= 4 is 35.1 Å². The highest BCUT2D eigenvalue weighted by Crippen LogP contribution is 2.21. The molecule has 0 radical (unpaired) electrons. The van der Waals surface area contributed by atoms with Crippen molar-refractivity contribution in [2.24, 2.45) is 0 Å². The summed E-state index contributed by atoms with van der Waals surface area (Å²) in [4.78, 5) is 24.1. The number of carbonyl (C=O) groups is 2. The Labute approximate surface area is 177 Å². The molecule has 8 heteroatoms. The summed E-state index contributed by atoms with van der Waals surface area (Å²) in [5.41, 5.74) is 2.05. The van der Waals surface area contributed by atoms with Gasteiger partial charge in [0.1, 0.15) is 5.75 Å². The Bertz CT molecular complexity index is 1060. The molecule has 0 atom stereocenters. The lowest BCUT2D eigenvalue weighted by atomic mass is 10.2.